The van der Waals surface area contributed by atoms with Gasteiger partial charge in [0.05, 0.1) is 12.0 Å². The maximum absolute atomic E-state index is 13.1. The standard InChI is InChI=1S/C19H20N2O4S/c1-3-14(19(23)24)21-16(9-10-25-2)20-17-13(18(21)22)11-15(26-17)12-7-5-4-6-8-12/h4-8,11,14H,3,9-10H2,1-2H3,(H,23,24). The number of carboxylic acid groups (broad SMARTS) is 1. The quantitative estimate of drug-likeness (QED) is 0.688. The molecule has 2 heterocycles. The van der Waals surface area contributed by atoms with E-state index in [1.165, 1.54) is 15.9 Å². The van der Waals surface area contributed by atoms with Crippen molar-refractivity contribution in [1.82, 2.24) is 9.55 Å². The van der Waals surface area contributed by atoms with E-state index in [1.807, 2.05) is 30.3 Å². The van der Waals surface area contributed by atoms with Gasteiger partial charge in [-0.1, -0.05) is 37.3 Å². The van der Waals surface area contributed by atoms with Gasteiger partial charge in [-0.15, -0.1) is 11.3 Å². The van der Waals surface area contributed by atoms with E-state index in [9.17, 15) is 14.7 Å². The number of nitrogens with zero attached hydrogens (tertiary/aromatic N) is 2. The zero-order chi connectivity index (χ0) is 18.7. The number of rotatable bonds is 7. The molecule has 0 radical (unpaired) electrons. The summed E-state index contributed by atoms with van der Waals surface area (Å²) < 4.78 is 6.41. The Kier molecular flexibility index (Phi) is 5.49. The molecule has 6 nitrogen and oxygen atoms in total. The third-order valence-electron chi connectivity index (χ3n) is 4.24. The molecule has 0 aliphatic rings. The average molecular weight is 372 g/mol. The molecule has 0 saturated heterocycles. The Hall–Kier alpha value is -2.51. The fourth-order valence-electron chi connectivity index (χ4n) is 2.94. The molecule has 0 spiro atoms. The maximum atomic E-state index is 13.1. The number of carboxylic acids is 1. The average Bonchev–Trinajstić information content (AvgIpc) is 3.07. The van der Waals surface area contributed by atoms with Gasteiger partial charge in [0.15, 0.2) is 0 Å². The van der Waals surface area contributed by atoms with Crippen molar-refractivity contribution in [2.45, 2.75) is 25.8 Å². The molecule has 2 aromatic heterocycles. The second-order valence-corrected chi connectivity index (χ2v) is 6.93. The van der Waals surface area contributed by atoms with Crippen LogP contribution in [0.5, 0.6) is 0 Å². The summed E-state index contributed by atoms with van der Waals surface area (Å²) >= 11 is 1.44. The molecule has 0 aliphatic heterocycles. The van der Waals surface area contributed by atoms with Crippen LogP contribution in [0.4, 0.5) is 0 Å². The van der Waals surface area contributed by atoms with Crippen LogP contribution in [0.1, 0.15) is 25.2 Å². The smallest absolute Gasteiger partial charge is 0.326 e. The van der Waals surface area contributed by atoms with E-state index in [-0.39, 0.29) is 5.56 Å². The van der Waals surface area contributed by atoms with Crippen LogP contribution >= 0.6 is 11.3 Å². The Morgan fingerprint density at radius 1 is 1.35 bits per heavy atom. The SMILES string of the molecule is CCC(C(=O)O)n1c(CCOC)nc2sc(-c3ccccc3)cc2c1=O. The van der Waals surface area contributed by atoms with Gasteiger partial charge in [0.2, 0.25) is 0 Å². The molecule has 0 saturated carbocycles. The minimum atomic E-state index is -1.03. The first-order valence-electron chi connectivity index (χ1n) is 8.39. The van der Waals surface area contributed by atoms with Crippen LogP contribution in [-0.4, -0.2) is 34.3 Å². The van der Waals surface area contributed by atoms with Crippen molar-refractivity contribution in [1.29, 1.82) is 0 Å². The summed E-state index contributed by atoms with van der Waals surface area (Å²) in [7, 11) is 1.56. The molecule has 0 bridgehead atoms. The number of aliphatic carboxylic acids is 1. The van der Waals surface area contributed by atoms with Gasteiger partial charge in [-0.3, -0.25) is 9.36 Å². The second-order valence-electron chi connectivity index (χ2n) is 5.90. The highest BCUT2D eigenvalue weighted by Gasteiger charge is 2.24. The Balaban J connectivity index is 2.22. The molecule has 1 atom stereocenters. The molecular weight excluding hydrogens is 352 g/mol. The fourth-order valence-corrected chi connectivity index (χ4v) is 3.99. The summed E-state index contributed by atoms with van der Waals surface area (Å²) in [5, 5.41) is 9.99. The summed E-state index contributed by atoms with van der Waals surface area (Å²) in [4.78, 5) is 30.9. The van der Waals surface area contributed by atoms with Gasteiger partial charge < -0.3 is 9.84 Å². The largest absolute Gasteiger partial charge is 0.480 e. The Bertz CT molecular complexity index is 978. The molecule has 0 aliphatic carbocycles. The molecule has 1 unspecified atom stereocenters. The van der Waals surface area contributed by atoms with Crippen molar-refractivity contribution >= 4 is 27.5 Å². The monoisotopic (exact) mass is 372 g/mol. The second kappa shape index (κ2) is 7.80. The third-order valence-corrected chi connectivity index (χ3v) is 5.32. The van der Waals surface area contributed by atoms with Crippen LogP contribution in [0, 0.1) is 0 Å². The molecular formula is C19H20N2O4S. The number of thiophene rings is 1. The lowest BCUT2D eigenvalue weighted by molar-refractivity contribution is -0.141. The highest BCUT2D eigenvalue weighted by molar-refractivity contribution is 7.21. The molecule has 7 heteroatoms. The highest BCUT2D eigenvalue weighted by Crippen LogP contribution is 2.31. The molecule has 1 N–H and O–H groups in total. The summed E-state index contributed by atoms with van der Waals surface area (Å²) in [5.41, 5.74) is 0.693. The number of benzene rings is 1. The third kappa shape index (κ3) is 3.40. The van der Waals surface area contributed by atoms with E-state index in [4.69, 9.17) is 4.74 Å². The van der Waals surface area contributed by atoms with Gasteiger partial charge >= 0.3 is 5.97 Å². The van der Waals surface area contributed by atoms with E-state index in [1.54, 1.807) is 20.1 Å². The lowest BCUT2D eigenvalue weighted by atomic mass is 10.1. The lowest BCUT2D eigenvalue weighted by Crippen LogP contribution is -2.33. The first kappa shape index (κ1) is 18.3. The first-order valence-corrected chi connectivity index (χ1v) is 9.20. The predicted molar refractivity (Wildman–Crippen MR) is 102 cm³/mol. The predicted octanol–water partition coefficient (Wildman–Crippen LogP) is 3.35. The van der Waals surface area contributed by atoms with Crippen molar-refractivity contribution in [3.63, 3.8) is 0 Å². The minimum Gasteiger partial charge on any atom is -0.480 e. The van der Waals surface area contributed by atoms with E-state index in [2.05, 4.69) is 4.98 Å². The lowest BCUT2D eigenvalue weighted by Gasteiger charge is -2.17. The van der Waals surface area contributed by atoms with Crippen molar-refractivity contribution in [2.75, 3.05) is 13.7 Å². The van der Waals surface area contributed by atoms with Gasteiger partial charge in [-0.05, 0) is 18.1 Å². The Morgan fingerprint density at radius 2 is 2.08 bits per heavy atom. The van der Waals surface area contributed by atoms with Gasteiger partial charge in [-0.25, -0.2) is 9.78 Å². The molecule has 0 amide bonds. The summed E-state index contributed by atoms with van der Waals surface area (Å²) in [6.07, 6.45) is 0.683. The normalized spacial score (nSPS) is 12.4. The van der Waals surface area contributed by atoms with Crippen LogP contribution in [0.3, 0.4) is 0 Å². The van der Waals surface area contributed by atoms with E-state index >= 15 is 0 Å². The van der Waals surface area contributed by atoms with Crippen LogP contribution < -0.4 is 5.56 Å². The molecule has 26 heavy (non-hydrogen) atoms. The minimum absolute atomic E-state index is 0.304. The van der Waals surface area contributed by atoms with Gasteiger partial charge in [-0.2, -0.15) is 0 Å². The van der Waals surface area contributed by atoms with Gasteiger partial charge in [0.25, 0.3) is 5.56 Å². The topological polar surface area (TPSA) is 81.4 Å². The Labute approximate surface area is 154 Å². The van der Waals surface area contributed by atoms with Gasteiger partial charge in [0, 0.05) is 18.4 Å². The number of hydrogen-bond acceptors (Lipinski definition) is 5. The van der Waals surface area contributed by atoms with E-state index < -0.39 is 12.0 Å². The van der Waals surface area contributed by atoms with Crippen LogP contribution in [-0.2, 0) is 16.0 Å². The van der Waals surface area contributed by atoms with Crippen molar-refractivity contribution in [3.05, 3.63) is 52.6 Å². The number of aromatic nitrogens is 2. The van der Waals surface area contributed by atoms with Crippen molar-refractivity contribution in [2.24, 2.45) is 0 Å². The molecule has 3 aromatic rings. The fraction of sp³-hybridized carbons (Fsp3) is 0.316. The Morgan fingerprint density at radius 3 is 2.69 bits per heavy atom. The molecule has 136 valence electrons. The van der Waals surface area contributed by atoms with E-state index in [0.717, 1.165) is 10.4 Å². The van der Waals surface area contributed by atoms with Crippen LogP contribution in [0.15, 0.2) is 41.2 Å². The molecule has 1 aromatic carbocycles. The molecule has 3 rings (SSSR count). The zero-order valence-electron chi connectivity index (χ0n) is 14.6. The molecule has 0 fully saturated rings. The van der Waals surface area contributed by atoms with Gasteiger partial charge in [0.1, 0.15) is 16.7 Å². The van der Waals surface area contributed by atoms with E-state index in [0.29, 0.717) is 35.5 Å². The van der Waals surface area contributed by atoms with Crippen LogP contribution in [0.25, 0.3) is 20.7 Å². The maximum Gasteiger partial charge on any atom is 0.326 e. The summed E-state index contributed by atoms with van der Waals surface area (Å²) in [5.74, 6) is -0.590. The number of methoxy groups -OCH3 is 1. The van der Waals surface area contributed by atoms with Crippen molar-refractivity contribution < 1.29 is 14.6 Å². The van der Waals surface area contributed by atoms with Crippen LogP contribution in [0.2, 0.25) is 0 Å². The van der Waals surface area contributed by atoms with Crippen molar-refractivity contribution in [3.8, 4) is 10.4 Å². The summed E-state index contributed by atoms with van der Waals surface area (Å²) in [6.45, 7) is 2.11. The number of fused-ring (bicyclic) bond motifs is 1. The summed E-state index contributed by atoms with van der Waals surface area (Å²) in [6, 6.07) is 10.6. The number of ether oxygens (including phenoxy) is 1. The zero-order valence-corrected chi connectivity index (χ0v) is 15.5. The number of hydrogen-bond donors (Lipinski definition) is 1. The first-order chi connectivity index (χ1) is 12.6. The number of carbonyl (C=O) groups is 1. The highest BCUT2D eigenvalue weighted by atomic mass is 32.1.